The second kappa shape index (κ2) is 8.20. The zero-order valence-corrected chi connectivity index (χ0v) is 15.4. The minimum absolute atomic E-state index is 0.0319. The van der Waals surface area contributed by atoms with Crippen LogP contribution in [-0.2, 0) is 18.3 Å². The minimum atomic E-state index is -1.09. The fourth-order valence-corrected chi connectivity index (χ4v) is 3.26. The van der Waals surface area contributed by atoms with Crippen LogP contribution in [0.2, 0.25) is 0 Å². The van der Waals surface area contributed by atoms with Crippen LogP contribution in [0, 0.1) is 0 Å². The maximum Gasteiger partial charge on any atom is 0.257 e. The first kappa shape index (κ1) is 18.9. The molecule has 0 aliphatic carbocycles. The van der Waals surface area contributed by atoms with Gasteiger partial charge < -0.3 is 15.0 Å². The van der Waals surface area contributed by atoms with E-state index in [1.807, 2.05) is 18.2 Å². The van der Waals surface area contributed by atoms with E-state index in [2.05, 4.69) is 10.4 Å². The lowest BCUT2D eigenvalue weighted by Gasteiger charge is -2.24. The Kier molecular flexibility index (Phi) is 5.73. The largest absolute Gasteiger partial charge is 0.497 e. The average molecular weight is 374 g/mol. The third-order valence-electron chi connectivity index (χ3n) is 4.61. The molecule has 1 aliphatic rings. The number of methoxy groups -OCH3 is 1. The van der Waals surface area contributed by atoms with Crippen LogP contribution in [-0.4, -0.2) is 58.9 Å². The molecule has 2 heterocycles. The van der Waals surface area contributed by atoms with Crippen molar-refractivity contribution in [1.29, 1.82) is 0 Å². The molecule has 2 aromatic rings. The first-order chi connectivity index (χ1) is 13.0. The van der Waals surface area contributed by atoms with Crippen molar-refractivity contribution < 1.29 is 18.7 Å². The lowest BCUT2D eigenvalue weighted by Crippen LogP contribution is -2.43. The van der Waals surface area contributed by atoms with Gasteiger partial charge in [0, 0.05) is 26.2 Å². The van der Waals surface area contributed by atoms with E-state index >= 15 is 0 Å². The summed E-state index contributed by atoms with van der Waals surface area (Å²) >= 11 is 0. The number of aromatic nitrogens is 2. The highest BCUT2D eigenvalue weighted by Crippen LogP contribution is 2.22. The average Bonchev–Trinajstić information content (AvgIpc) is 3.25. The standard InChI is InChI=1S/C19H23FN4O3/c1-23-11-14(9-22-23)19(26)24-12-15(20)8-16(24)10-21-18(25)7-13-4-3-5-17(6-13)27-2/h3-6,9,11,15-16H,7-8,10,12H2,1-2H3,(H,21,25). The van der Waals surface area contributed by atoms with Crippen LogP contribution in [0.15, 0.2) is 36.7 Å². The number of likely N-dealkylation sites (tertiary alicyclic amines) is 1. The highest BCUT2D eigenvalue weighted by Gasteiger charge is 2.36. The number of carbonyl (C=O) groups is 2. The van der Waals surface area contributed by atoms with E-state index in [1.54, 1.807) is 26.4 Å². The molecule has 1 fully saturated rings. The number of amides is 2. The van der Waals surface area contributed by atoms with Crippen LogP contribution in [0.3, 0.4) is 0 Å². The molecule has 0 radical (unpaired) electrons. The Hall–Kier alpha value is -2.90. The van der Waals surface area contributed by atoms with Gasteiger partial charge in [0.05, 0.1) is 37.9 Å². The Morgan fingerprint density at radius 2 is 2.22 bits per heavy atom. The molecule has 2 amide bonds. The summed E-state index contributed by atoms with van der Waals surface area (Å²) in [4.78, 5) is 26.3. The molecule has 1 saturated heterocycles. The van der Waals surface area contributed by atoms with Gasteiger partial charge in [0.2, 0.25) is 5.91 Å². The van der Waals surface area contributed by atoms with Crippen LogP contribution < -0.4 is 10.1 Å². The smallest absolute Gasteiger partial charge is 0.257 e. The third-order valence-corrected chi connectivity index (χ3v) is 4.61. The van der Waals surface area contributed by atoms with Crippen molar-refractivity contribution >= 4 is 11.8 Å². The molecule has 1 aromatic heterocycles. The van der Waals surface area contributed by atoms with Gasteiger partial charge in [-0.1, -0.05) is 12.1 Å². The number of hydrogen-bond acceptors (Lipinski definition) is 4. The number of ether oxygens (including phenoxy) is 1. The second-order valence-corrected chi connectivity index (χ2v) is 6.68. The molecule has 2 atom stereocenters. The van der Waals surface area contributed by atoms with Crippen LogP contribution in [0.5, 0.6) is 5.75 Å². The molecule has 2 unspecified atom stereocenters. The summed E-state index contributed by atoms with van der Waals surface area (Å²) in [6, 6.07) is 6.89. The predicted molar refractivity (Wildman–Crippen MR) is 97.3 cm³/mol. The first-order valence-electron chi connectivity index (χ1n) is 8.79. The van der Waals surface area contributed by atoms with Gasteiger partial charge in [0.1, 0.15) is 11.9 Å². The monoisotopic (exact) mass is 374 g/mol. The number of halogens is 1. The third kappa shape index (κ3) is 4.64. The zero-order chi connectivity index (χ0) is 19.4. The van der Waals surface area contributed by atoms with Crippen molar-refractivity contribution in [2.24, 2.45) is 7.05 Å². The Bertz CT molecular complexity index is 823. The normalized spacial score (nSPS) is 19.1. The molecular weight excluding hydrogens is 351 g/mol. The molecule has 0 bridgehead atoms. The van der Waals surface area contributed by atoms with Gasteiger partial charge in [-0.3, -0.25) is 14.3 Å². The van der Waals surface area contributed by atoms with Gasteiger partial charge in [-0.25, -0.2) is 4.39 Å². The summed E-state index contributed by atoms with van der Waals surface area (Å²) in [7, 11) is 3.29. The van der Waals surface area contributed by atoms with E-state index in [0.717, 1.165) is 5.56 Å². The van der Waals surface area contributed by atoms with E-state index in [-0.39, 0.29) is 43.8 Å². The topological polar surface area (TPSA) is 76.5 Å². The molecule has 0 saturated carbocycles. The summed E-state index contributed by atoms with van der Waals surface area (Å²) in [6.07, 6.45) is 2.38. The SMILES string of the molecule is COc1cccc(CC(=O)NCC2CC(F)CN2C(=O)c2cnn(C)c2)c1. The summed E-state index contributed by atoms with van der Waals surface area (Å²) in [5, 5.41) is 6.80. The number of nitrogens with zero attached hydrogens (tertiary/aromatic N) is 3. The molecule has 1 aromatic carbocycles. The van der Waals surface area contributed by atoms with Crippen LogP contribution in [0.4, 0.5) is 4.39 Å². The zero-order valence-electron chi connectivity index (χ0n) is 15.4. The van der Waals surface area contributed by atoms with Crippen LogP contribution >= 0.6 is 0 Å². The Morgan fingerprint density at radius 1 is 1.41 bits per heavy atom. The second-order valence-electron chi connectivity index (χ2n) is 6.68. The highest BCUT2D eigenvalue weighted by molar-refractivity contribution is 5.94. The van der Waals surface area contributed by atoms with E-state index in [9.17, 15) is 14.0 Å². The van der Waals surface area contributed by atoms with Gasteiger partial charge in [-0.2, -0.15) is 5.10 Å². The van der Waals surface area contributed by atoms with Crippen molar-refractivity contribution in [1.82, 2.24) is 20.0 Å². The molecule has 7 nitrogen and oxygen atoms in total. The number of nitrogens with one attached hydrogen (secondary N) is 1. The van der Waals surface area contributed by atoms with Crippen molar-refractivity contribution in [3.8, 4) is 5.75 Å². The molecule has 1 N–H and O–H groups in total. The molecule has 27 heavy (non-hydrogen) atoms. The number of alkyl halides is 1. The number of rotatable bonds is 6. The number of benzene rings is 1. The minimum Gasteiger partial charge on any atom is -0.497 e. The summed E-state index contributed by atoms with van der Waals surface area (Å²) in [5.41, 5.74) is 1.24. The lowest BCUT2D eigenvalue weighted by atomic mass is 10.1. The van der Waals surface area contributed by atoms with Gasteiger partial charge in [0.15, 0.2) is 0 Å². The molecule has 144 valence electrons. The lowest BCUT2D eigenvalue weighted by molar-refractivity contribution is -0.120. The fraction of sp³-hybridized carbons (Fsp3) is 0.421. The number of hydrogen-bond donors (Lipinski definition) is 1. The molecular formula is C19H23FN4O3. The van der Waals surface area contributed by atoms with Gasteiger partial charge in [-0.05, 0) is 17.7 Å². The Morgan fingerprint density at radius 3 is 2.93 bits per heavy atom. The van der Waals surface area contributed by atoms with E-state index in [1.165, 1.54) is 15.8 Å². The van der Waals surface area contributed by atoms with E-state index < -0.39 is 6.17 Å². The van der Waals surface area contributed by atoms with Gasteiger partial charge in [0.25, 0.3) is 5.91 Å². The quantitative estimate of drug-likeness (QED) is 0.828. The Balaban J connectivity index is 1.58. The maximum atomic E-state index is 13.9. The predicted octanol–water partition coefficient (Wildman–Crippen LogP) is 1.34. The number of carbonyl (C=O) groups excluding carboxylic acids is 2. The molecule has 3 rings (SSSR count). The summed E-state index contributed by atoms with van der Waals surface area (Å²) < 4.78 is 20.6. The highest BCUT2D eigenvalue weighted by atomic mass is 19.1. The van der Waals surface area contributed by atoms with Crippen molar-refractivity contribution in [3.63, 3.8) is 0 Å². The van der Waals surface area contributed by atoms with Gasteiger partial charge >= 0.3 is 0 Å². The van der Waals surface area contributed by atoms with Crippen LogP contribution in [0.1, 0.15) is 22.3 Å². The van der Waals surface area contributed by atoms with Crippen LogP contribution in [0.25, 0.3) is 0 Å². The van der Waals surface area contributed by atoms with Crippen molar-refractivity contribution in [3.05, 3.63) is 47.8 Å². The maximum absolute atomic E-state index is 13.9. The number of aryl methyl sites for hydroxylation is 1. The fourth-order valence-electron chi connectivity index (χ4n) is 3.26. The molecule has 1 aliphatic heterocycles. The summed E-state index contributed by atoms with van der Waals surface area (Å²) in [5.74, 6) is 0.235. The first-order valence-corrected chi connectivity index (χ1v) is 8.79. The van der Waals surface area contributed by atoms with Gasteiger partial charge in [-0.15, -0.1) is 0 Å². The van der Waals surface area contributed by atoms with Crippen molar-refractivity contribution in [2.45, 2.75) is 25.1 Å². The summed E-state index contributed by atoms with van der Waals surface area (Å²) in [6.45, 7) is 0.249. The van der Waals surface area contributed by atoms with E-state index in [0.29, 0.717) is 11.3 Å². The Labute approximate surface area is 157 Å². The molecule has 8 heteroatoms. The van der Waals surface area contributed by atoms with Crippen molar-refractivity contribution in [2.75, 3.05) is 20.2 Å². The van der Waals surface area contributed by atoms with E-state index in [4.69, 9.17) is 4.74 Å². The molecule has 0 spiro atoms.